The Morgan fingerprint density at radius 2 is 1.07 bits per heavy atom. The maximum Gasteiger partial charge on any atom is 0.145 e. The maximum absolute atomic E-state index is 5.04. The van der Waals surface area contributed by atoms with Crippen molar-refractivity contribution < 1.29 is 0 Å². The highest BCUT2D eigenvalue weighted by molar-refractivity contribution is 6.26. The second kappa shape index (κ2) is 14.6. The number of aromatic nitrogens is 2. The fraction of sp³-hybridized carbons (Fsp3) is 0. The van der Waals surface area contributed by atoms with E-state index in [0.29, 0.717) is 0 Å². The monoisotopic (exact) mass is 752 g/mol. The van der Waals surface area contributed by atoms with Crippen LogP contribution < -0.4 is 0 Å². The standard InChI is InChI=1S/C57H40N2/c1-5-19-37(6-2)54-46-24-14-16-26-48(46)56(49-27-17-15-25-47(49)54)45-29-18-28-43-44(45)34-35-50-51(43)36-40-20-12-13-23-42(40)55(50)38-30-32-39(33-31-38)57-58-52(7-3)53(8-4)59(57)41-21-10-9-11-22-41/h5-36H,1-4H2/b37-19+. The van der Waals surface area contributed by atoms with E-state index in [4.69, 9.17) is 4.98 Å². The normalized spacial score (nSPS) is 11.8. The van der Waals surface area contributed by atoms with Gasteiger partial charge in [0, 0.05) is 11.3 Å². The van der Waals surface area contributed by atoms with E-state index in [1.807, 2.05) is 36.4 Å². The molecule has 0 aliphatic heterocycles. The van der Waals surface area contributed by atoms with Gasteiger partial charge in [0.25, 0.3) is 0 Å². The Morgan fingerprint density at radius 3 is 1.73 bits per heavy atom. The minimum Gasteiger partial charge on any atom is -0.292 e. The van der Waals surface area contributed by atoms with Crippen molar-refractivity contribution >= 4 is 71.6 Å². The van der Waals surface area contributed by atoms with E-state index < -0.39 is 0 Å². The lowest BCUT2D eigenvalue weighted by Gasteiger charge is -2.20. The summed E-state index contributed by atoms with van der Waals surface area (Å²) in [6.45, 7) is 16.4. The molecule has 1 heterocycles. The molecule has 0 aliphatic carbocycles. The second-order valence-electron chi connectivity index (χ2n) is 14.8. The van der Waals surface area contributed by atoms with E-state index in [1.165, 1.54) is 76.1 Å². The molecule has 0 amide bonds. The zero-order valence-electron chi connectivity index (χ0n) is 32.7. The van der Waals surface area contributed by atoms with Crippen molar-refractivity contribution in [2.75, 3.05) is 0 Å². The van der Waals surface area contributed by atoms with Gasteiger partial charge in [0.1, 0.15) is 5.82 Å². The fourth-order valence-electron chi connectivity index (χ4n) is 9.16. The van der Waals surface area contributed by atoms with Gasteiger partial charge in [0.05, 0.1) is 11.4 Å². The average Bonchev–Trinajstić information content (AvgIpc) is 3.68. The van der Waals surface area contributed by atoms with Crippen LogP contribution >= 0.6 is 0 Å². The molecule has 0 spiro atoms. The Balaban J connectivity index is 1.20. The quantitative estimate of drug-likeness (QED) is 0.0816. The topological polar surface area (TPSA) is 17.8 Å². The van der Waals surface area contributed by atoms with Crippen molar-refractivity contribution in [2.24, 2.45) is 0 Å². The van der Waals surface area contributed by atoms with Gasteiger partial charge in [-0.25, -0.2) is 4.98 Å². The van der Waals surface area contributed by atoms with E-state index in [0.717, 1.165) is 39.6 Å². The van der Waals surface area contributed by atoms with Gasteiger partial charge in [0.2, 0.25) is 0 Å². The second-order valence-corrected chi connectivity index (χ2v) is 14.8. The van der Waals surface area contributed by atoms with Crippen molar-refractivity contribution in [3.8, 4) is 39.3 Å². The largest absolute Gasteiger partial charge is 0.292 e. The number of para-hydroxylation sites is 1. The van der Waals surface area contributed by atoms with Crippen LogP contribution in [0.3, 0.4) is 0 Å². The number of rotatable bonds is 9. The van der Waals surface area contributed by atoms with Gasteiger partial charge in [-0.1, -0.05) is 190 Å². The fourth-order valence-corrected chi connectivity index (χ4v) is 9.16. The van der Waals surface area contributed by atoms with Gasteiger partial charge in [-0.2, -0.15) is 0 Å². The summed E-state index contributed by atoms with van der Waals surface area (Å²) in [5, 5.41) is 12.1. The van der Waals surface area contributed by atoms with Crippen molar-refractivity contribution in [1.82, 2.24) is 9.55 Å². The summed E-state index contributed by atoms with van der Waals surface area (Å²) in [5.74, 6) is 0.847. The highest BCUT2D eigenvalue weighted by Crippen LogP contribution is 2.46. The van der Waals surface area contributed by atoms with Crippen LogP contribution in [0.1, 0.15) is 17.0 Å². The van der Waals surface area contributed by atoms with E-state index in [-0.39, 0.29) is 0 Å². The summed E-state index contributed by atoms with van der Waals surface area (Å²) >= 11 is 0. The minimum atomic E-state index is 0.803. The predicted molar refractivity (Wildman–Crippen MR) is 256 cm³/mol. The molecule has 278 valence electrons. The van der Waals surface area contributed by atoms with Crippen molar-refractivity contribution in [1.29, 1.82) is 0 Å². The first-order chi connectivity index (χ1) is 29.1. The summed E-state index contributed by atoms with van der Waals surface area (Å²) in [6.07, 6.45) is 9.48. The predicted octanol–water partition coefficient (Wildman–Crippen LogP) is 15.7. The number of imidazole rings is 1. The van der Waals surface area contributed by atoms with E-state index in [2.05, 4.69) is 183 Å². The van der Waals surface area contributed by atoms with Crippen LogP contribution in [-0.4, -0.2) is 9.55 Å². The van der Waals surface area contributed by atoms with Gasteiger partial charge >= 0.3 is 0 Å². The summed E-state index contributed by atoms with van der Waals surface area (Å²) in [6, 6.07) is 59.2. The van der Waals surface area contributed by atoms with E-state index in [1.54, 1.807) is 6.08 Å². The summed E-state index contributed by atoms with van der Waals surface area (Å²) in [7, 11) is 0. The molecular formula is C57H40N2. The number of hydrogen-bond acceptors (Lipinski definition) is 1. The van der Waals surface area contributed by atoms with Crippen molar-refractivity contribution in [3.63, 3.8) is 0 Å². The number of hydrogen-bond donors (Lipinski definition) is 0. The first-order valence-corrected chi connectivity index (χ1v) is 19.9. The lowest BCUT2D eigenvalue weighted by molar-refractivity contribution is 1.05. The van der Waals surface area contributed by atoms with Crippen LogP contribution in [0.25, 0.3) is 111 Å². The SMILES string of the molecule is C=C/C=C(\C=C)c1c2ccccc2c(-c2cccc3c2ccc2c(-c4ccc(-c5nc(C=C)c(C=C)n5-c5ccccc5)cc4)c4ccccc4cc23)c2ccccc12. The zero-order valence-corrected chi connectivity index (χ0v) is 32.7. The summed E-state index contributed by atoms with van der Waals surface area (Å²) < 4.78 is 2.16. The highest BCUT2D eigenvalue weighted by Gasteiger charge is 2.21. The van der Waals surface area contributed by atoms with Crippen LogP contribution in [0.5, 0.6) is 0 Å². The summed E-state index contributed by atoms with van der Waals surface area (Å²) in [5.41, 5.74) is 10.8. The first kappa shape index (κ1) is 35.6. The van der Waals surface area contributed by atoms with E-state index in [9.17, 15) is 0 Å². The number of benzene rings is 9. The molecule has 0 unspecified atom stereocenters. The molecular weight excluding hydrogens is 713 g/mol. The van der Waals surface area contributed by atoms with Crippen LogP contribution in [0.15, 0.2) is 208 Å². The van der Waals surface area contributed by atoms with Gasteiger partial charge < -0.3 is 0 Å². The molecule has 9 aromatic carbocycles. The van der Waals surface area contributed by atoms with Crippen molar-refractivity contribution in [3.05, 3.63) is 225 Å². The van der Waals surface area contributed by atoms with Crippen LogP contribution in [-0.2, 0) is 0 Å². The third kappa shape index (κ3) is 5.68. The van der Waals surface area contributed by atoms with Crippen molar-refractivity contribution in [2.45, 2.75) is 0 Å². The Labute approximate surface area is 344 Å². The third-order valence-electron chi connectivity index (χ3n) is 11.7. The highest BCUT2D eigenvalue weighted by atomic mass is 15.1. The Kier molecular flexibility index (Phi) is 8.81. The molecule has 10 aromatic rings. The first-order valence-electron chi connectivity index (χ1n) is 19.9. The van der Waals surface area contributed by atoms with Crippen LogP contribution in [0.4, 0.5) is 0 Å². The molecule has 0 atom stereocenters. The van der Waals surface area contributed by atoms with Gasteiger partial charge in [0.15, 0.2) is 0 Å². The van der Waals surface area contributed by atoms with Crippen LogP contribution in [0, 0.1) is 0 Å². The molecule has 0 radical (unpaired) electrons. The Morgan fingerprint density at radius 1 is 0.475 bits per heavy atom. The molecule has 0 fully saturated rings. The number of nitrogens with zero attached hydrogens (tertiary/aromatic N) is 2. The Bertz CT molecular complexity index is 3320. The molecule has 10 rings (SSSR count). The zero-order chi connectivity index (χ0) is 40.0. The van der Waals surface area contributed by atoms with Gasteiger partial charge in [-0.05, 0) is 118 Å². The lowest BCUT2D eigenvalue weighted by Crippen LogP contribution is -1.99. The number of allylic oxidation sites excluding steroid dienone is 4. The molecule has 59 heavy (non-hydrogen) atoms. The molecule has 0 aliphatic rings. The molecule has 0 saturated carbocycles. The molecule has 2 nitrogen and oxygen atoms in total. The van der Waals surface area contributed by atoms with E-state index >= 15 is 0 Å². The van der Waals surface area contributed by atoms with Crippen LogP contribution in [0.2, 0.25) is 0 Å². The molecule has 2 heteroatoms. The molecule has 1 aromatic heterocycles. The lowest BCUT2D eigenvalue weighted by atomic mass is 9.83. The molecule has 0 N–H and O–H groups in total. The maximum atomic E-state index is 5.04. The Hall–Kier alpha value is -7.81. The average molecular weight is 753 g/mol. The number of fused-ring (bicyclic) bond motifs is 6. The van der Waals surface area contributed by atoms with Gasteiger partial charge in [-0.3, -0.25) is 4.57 Å². The molecule has 0 bridgehead atoms. The van der Waals surface area contributed by atoms with Gasteiger partial charge in [-0.15, -0.1) is 0 Å². The molecule has 0 saturated heterocycles. The summed E-state index contributed by atoms with van der Waals surface area (Å²) in [4.78, 5) is 5.04. The third-order valence-corrected chi connectivity index (χ3v) is 11.7. The smallest absolute Gasteiger partial charge is 0.145 e. The minimum absolute atomic E-state index is 0.803.